The number of nitrogens with one attached hydrogen (secondary N) is 2. The number of carboxylic acid groups (broad SMARTS) is 2. The molecule has 0 aliphatic carbocycles. The predicted molar refractivity (Wildman–Crippen MR) is 213 cm³/mol. The molecule has 0 aromatic heterocycles. The molecule has 5 N–H and O–H groups in total. The fourth-order valence-corrected chi connectivity index (χ4v) is 5.96. The SMILES string of the molecule is CC(C)CCCCCCNCCCCCCC(C)C.CC(C)CCCCCCNCCCCCCC(C)C.O=C(O)CC(C(=O)O)S(=O)(=O)O. The molecule has 0 bridgehead atoms. The van der Waals surface area contributed by atoms with Gasteiger partial charge in [0.25, 0.3) is 10.1 Å². The minimum absolute atomic E-state index is 0.883. The molecule has 1 unspecified atom stereocenters. The summed E-state index contributed by atoms with van der Waals surface area (Å²) in [6, 6.07) is 0. The highest BCUT2D eigenvalue weighted by molar-refractivity contribution is 7.87. The fourth-order valence-electron chi connectivity index (χ4n) is 5.35. The molecule has 10 heteroatoms. The van der Waals surface area contributed by atoms with Gasteiger partial charge in [0.15, 0.2) is 5.25 Å². The molecule has 1 atom stereocenters. The molecule has 0 aliphatic rings. The topological polar surface area (TPSA) is 153 Å². The number of carbonyl (C=O) groups is 2. The zero-order chi connectivity index (χ0) is 38.6. The van der Waals surface area contributed by atoms with Crippen LogP contribution in [-0.2, 0) is 19.7 Å². The third-order valence-electron chi connectivity index (χ3n) is 8.54. The third-order valence-corrected chi connectivity index (χ3v) is 9.62. The van der Waals surface area contributed by atoms with Crippen LogP contribution in [-0.4, -0.2) is 66.6 Å². The first-order valence-corrected chi connectivity index (χ1v) is 21.8. The molecule has 9 nitrogen and oxygen atoms in total. The van der Waals surface area contributed by atoms with Gasteiger partial charge >= 0.3 is 11.9 Å². The van der Waals surface area contributed by atoms with Crippen molar-refractivity contribution < 1.29 is 32.8 Å². The Labute approximate surface area is 310 Å². The molecule has 0 heterocycles. The first kappa shape index (κ1) is 53.1. The van der Waals surface area contributed by atoms with Gasteiger partial charge in [0.1, 0.15) is 0 Å². The quantitative estimate of drug-likeness (QED) is 0.0335. The van der Waals surface area contributed by atoms with Crippen LogP contribution < -0.4 is 10.6 Å². The van der Waals surface area contributed by atoms with Crippen molar-refractivity contribution in [3.63, 3.8) is 0 Å². The Hall–Kier alpha value is -1.23. The average Bonchev–Trinajstić information content (AvgIpc) is 3.00. The minimum atomic E-state index is -4.84. The molecular formula is C40H84N2O7S. The summed E-state index contributed by atoms with van der Waals surface area (Å²) in [5.41, 5.74) is 0. The zero-order valence-electron chi connectivity index (χ0n) is 33.9. The van der Waals surface area contributed by atoms with E-state index in [1.165, 1.54) is 155 Å². The summed E-state index contributed by atoms with van der Waals surface area (Å²) in [7, 11) is -4.84. The number of hydrogen-bond donors (Lipinski definition) is 5. The van der Waals surface area contributed by atoms with Crippen LogP contribution in [0.4, 0.5) is 0 Å². The molecule has 0 fully saturated rings. The Morgan fingerprint density at radius 2 is 0.700 bits per heavy atom. The zero-order valence-corrected chi connectivity index (χ0v) is 34.8. The maximum atomic E-state index is 10.2. The number of rotatable bonds is 32. The van der Waals surface area contributed by atoms with E-state index in [2.05, 4.69) is 66.0 Å². The largest absolute Gasteiger partial charge is 0.481 e. The van der Waals surface area contributed by atoms with Gasteiger partial charge in [-0.3, -0.25) is 14.1 Å². The van der Waals surface area contributed by atoms with E-state index in [0.717, 1.165) is 23.7 Å². The first-order valence-electron chi connectivity index (χ1n) is 20.3. The molecular weight excluding hydrogens is 653 g/mol. The summed E-state index contributed by atoms with van der Waals surface area (Å²) in [4.78, 5) is 20.0. The predicted octanol–water partition coefficient (Wildman–Crippen LogP) is 10.4. The summed E-state index contributed by atoms with van der Waals surface area (Å²) in [6.45, 7) is 23.5. The fraction of sp³-hybridized carbons (Fsp3) is 0.950. The number of hydrogen-bond acceptors (Lipinski definition) is 6. The molecule has 0 spiro atoms. The van der Waals surface area contributed by atoms with Gasteiger partial charge in [-0.05, 0) is 75.5 Å². The third kappa shape index (κ3) is 48.9. The van der Waals surface area contributed by atoms with Gasteiger partial charge < -0.3 is 20.8 Å². The van der Waals surface area contributed by atoms with E-state index >= 15 is 0 Å². The lowest BCUT2D eigenvalue weighted by atomic mass is 10.0. The van der Waals surface area contributed by atoms with Crippen molar-refractivity contribution in [2.75, 3.05) is 26.2 Å². The highest BCUT2D eigenvalue weighted by Crippen LogP contribution is 2.12. The van der Waals surface area contributed by atoms with E-state index in [0.29, 0.717) is 0 Å². The molecule has 0 amide bonds. The number of aliphatic carboxylic acids is 2. The lowest BCUT2D eigenvalue weighted by Crippen LogP contribution is -2.31. The second kappa shape index (κ2) is 37.5. The molecule has 302 valence electrons. The van der Waals surface area contributed by atoms with E-state index in [9.17, 15) is 18.0 Å². The summed E-state index contributed by atoms with van der Waals surface area (Å²) < 4.78 is 28.7. The van der Waals surface area contributed by atoms with Crippen LogP contribution in [0.3, 0.4) is 0 Å². The van der Waals surface area contributed by atoms with Crippen LogP contribution in [0.1, 0.15) is 190 Å². The van der Waals surface area contributed by atoms with Gasteiger partial charge in [-0.1, -0.05) is 158 Å². The van der Waals surface area contributed by atoms with Crippen molar-refractivity contribution in [3.8, 4) is 0 Å². The second-order valence-corrected chi connectivity index (χ2v) is 17.4. The number of unbranched alkanes of at least 4 members (excludes halogenated alkanes) is 12. The molecule has 0 saturated carbocycles. The first-order chi connectivity index (χ1) is 23.5. The molecule has 0 radical (unpaired) electrons. The normalized spacial score (nSPS) is 12.2. The van der Waals surface area contributed by atoms with Gasteiger partial charge in [-0.15, -0.1) is 0 Å². The van der Waals surface area contributed by atoms with Crippen LogP contribution in [0.15, 0.2) is 0 Å². The average molecular weight is 737 g/mol. The van der Waals surface area contributed by atoms with Gasteiger partial charge in [-0.25, -0.2) is 0 Å². The van der Waals surface area contributed by atoms with Crippen LogP contribution in [0.2, 0.25) is 0 Å². The summed E-state index contributed by atoms with van der Waals surface area (Å²) in [5, 5.41) is 21.1. The Kier molecular flexibility index (Phi) is 39.9. The molecule has 0 aromatic rings. The lowest BCUT2D eigenvalue weighted by Gasteiger charge is -2.07. The van der Waals surface area contributed by atoms with Gasteiger partial charge in [0.05, 0.1) is 6.42 Å². The van der Waals surface area contributed by atoms with Crippen LogP contribution in [0, 0.1) is 23.7 Å². The summed E-state index contributed by atoms with van der Waals surface area (Å²) in [6.07, 6.45) is 27.0. The standard InChI is InChI=1S/2C18H39N.C4H6O7S/c2*1-17(2)13-9-5-7-11-15-19-16-12-8-6-10-14-18(3)4;5-3(6)1-2(4(7)8)12(9,10)11/h2*17-19H,5-16H2,1-4H3;2H,1H2,(H,5,6)(H,7,8)(H,9,10,11). The molecule has 0 rings (SSSR count). The van der Waals surface area contributed by atoms with Gasteiger partial charge in [0.2, 0.25) is 0 Å². The Morgan fingerprint density at radius 1 is 0.460 bits per heavy atom. The van der Waals surface area contributed by atoms with Crippen LogP contribution in [0.25, 0.3) is 0 Å². The Morgan fingerprint density at radius 3 is 0.860 bits per heavy atom. The molecule has 50 heavy (non-hydrogen) atoms. The van der Waals surface area contributed by atoms with Crippen molar-refractivity contribution in [1.29, 1.82) is 0 Å². The van der Waals surface area contributed by atoms with Crippen molar-refractivity contribution in [2.45, 2.75) is 195 Å². The monoisotopic (exact) mass is 737 g/mol. The molecule has 0 saturated heterocycles. The molecule has 0 aliphatic heterocycles. The summed E-state index contributed by atoms with van der Waals surface area (Å²) >= 11 is 0. The van der Waals surface area contributed by atoms with Crippen molar-refractivity contribution >= 4 is 22.1 Å². The van der Waals surface area contributed by atoms with Crippen molar-refractivity contribution in [2.24, 2.45) is 23.7 Å². The van der Waals surface area contributed by atoms with Crippen molar-refractivity contribution in [3.05, 3.63) is 0 Å². The van der Waals surface area contributed by atoms with Gasteiger partial charge in [0, 0.05) is 0 Å². The maximum absolute atomic E-state index is 10.2. The van der Waals surface area contributed by atoms with Crippen LogP contribution >= 0.6 is 0 Å². The second-order valence-electron chi connectivity index (χ2n) is 15.8. The molecule has 0 aromatic carbocycles. The minimum Gasteiger partial charge on any atom is -0.481 e. The van der Waals surface area contributed by atoms with E-state index in [4.69, 9.17) is 14.8 Å². The van der Waals surface area contributed by atoms with Gasteiger partial charge in [-0.2, -0.15) is 8.42 Å². The van der Waals surface area contributed by atoms with E-state index in [1.807, 2.05) is 0 Å². The smallest absolute Gasteiger partial charge is 0.325 e. The highest BCUT2D eigenvalue weighted by Gasteiger charge is 2.33. The van der Waals surface area contributed by atoms with E-state index in [1.54, 1.807) is 0 Å². The maximum Gasteiger partial charge on any atom is 0.325 e. The van der Waals surface area contributed by atoms with E-state index < -0.39 is 33.7 Å². The van der Waals surface area contributed by atoms with E-state index in [-0.39, 0.29) is 0 Å². The Balaban J connectivity index is -0.000000682. The Bertz CT molecular complexity index is 775. The number of carboxylic acids is 2. The van der Waals surface area contributed by atoms with Crippen molar-refractivity contribution in [1.82, 2.24) is 10.6 Å². The lowest BCUT2D eigenvalue weighted by molar-refractivity contribution is -0.143. The summed E-state index contributed by atoms with van der Waals surface area (Å²) in [5.74, 6) is 0.0326. The highest BCUT2D eigenvalue weighted by atomic mass is 32.2. The van der Waals surface area contributed by atoms with Crippen LogP contribution in [0.5, 0.6) is 0 Å².